The summed E-state index contributed by atoms with van der Waals surface area (Å²) in [5, 5.41) is 12.1. The van der Waals surface area contributed by atoms with Gasteiger partial charge in [-0.15, -0.1) is 0 Å². The van der Waals surface area contributed by atoms with Crippen LogP contribution in [0.25, 0.3) is 11.1 Å². The van der Waals surface area contributed by atoms with Gasteiger partial charge in [0.2, 0.25) is 5.91 Å². The van der Waals surface area contributed by atoms with Crippen LogP contribution in [0.1, 0.15) is 29.0 Å². The monoisotopic (exact) mass is 470 g/mol. The van der Waals surface area contributed by atoms with E-state index in [4.69, 9.17) is 4.74 Å². The molecule has 2 aliphatic rings. The van der Waals surface area contributed by atoms with Gasteiger partial charge < -0.3 is 20.1 Å². The number of benzene rings is 3. The molecule has 1 aliphatic heterocycles. The zero-order chi connectivity index (χ0) is 24.4. The van der Waals surface area contributed by atoms with Gasteiger partial charge in [-0.1, -0.05) is 78.9 Å². The van der Waals surface area contributed by atoms with Crippen LogP contribution in [0.4, 0.5) is 4.79 Å². The Morgan fingerprint density at radius 2 is 1.51 bits per heavy atom. The van der Waals surface area contributed by atoms with Crippen LogP contribution in [0.5, 0.6) is 0 Å². The SMILES string of the molecule is O=C(N[C@H](Cc1ccccc1)C(=O)N1CCC1C(=O)O)OCC1c2ccccc2-c2ccccc21. The van der Waals surface area contributed by atoms with Gasteiger partial charge in [0.05, 0.1) is 0 Å². The van der Waals surface area contributed by atoms with Gasteiger partial charge in [-0.3, -0.25) is 4.79 Å². The summed E-state index contributed by atoms with van der Waals surface area (Å²) in [5.41, 5.74) is 5.32. The van der Waals surface area contributed by atoms with E-state index in [1.165, 1.54) is 4.90 Å². The van der Waals surface area contributed by atoms with Crippen LogP contribution in [-0.2, 0) is 20.7 Å². The molecule has 0 aromatic heterocycles. The van der Waals surface area contributed by atoms with Crippen molar-refractivity contribution in [3.63, 3.8) is 0 Å². The molecule has 1 fully saturated rings. The standard InChI is InChI=1S/C28H26N2O5/c31-26(30-15-14-25(30)27(32)33)24(16-18-8-2-1-3-9-18)29-28(34)35-17-23-21-12-6-4-10-19(21)20-11-5-7-13-22(20)23/h1-13,23-25H,14-17H2,(H,29,34)(H,32,33)/t24-,25?/m1/s1. The fourth-order valence-electron chi connectivity index (χ4n) is 4.94. The van der Waals surface area contributed by atoms with Crippen molar-refractivity contribution >= 4 is 18.0 Å². The summed E-state index contributed by atoms with van der Waals surface area (Å²) in [4.78, 5) is 38.8. The molecule has 1 unspecified atom stereocenters. The van der Waals surface area contributed by atoms with Gasteiger partial charge in [-0.05, 0) is 34.2 Å². The van der Waals surface area contributed by atoms with Crippen LogP contribution in [-0.4, -0.2) is 53.2 Å². The van der Waals surface area contributed by atoms with E-state index in [0.29, 0.717) is 13.0 Å². The van der Waals surface area contributed by atoms with Gasteiger partial charge in [-0.2, -0.15) is 0 Å². The lowest BCUT2D eigenvalue weighted by Crippen LogP contribution is -2.61. The summed E-state index contributed by atoms with van der Waals surface area (Å²) in [7, 11) is 0. The maximum absolute atomic E-state index is 13.2. The van der Waals surface area contributed by atoms with Crippen LogP contribution in [0.3, 0.4) is 0 Å². The molecule has 1 heterocycles. The van der Waals surface area contributed by atoms with E-state index in [2.05, 4.69) is 17.4 Å². The van der Waals surface area contributed by atoms with Crippen molar-refractivity contribution in [3.8, 4) is 11.1 Å². The van der Waals surface area contributed by atoms with Crippen molar-refractivity contribution in [3.05, 3.63) is 95.6 Å². The van der Waals surface area contributed by atoms with Crippen molar-refractivity contribution in [2.45, 2.75) is 30.8 Å². The van der Waals surface area contributed by atoms with Crippen LogP contribution in [0.15, 0.2) is 78.9 Å². The van der Waals surface area contributed by atoms with Gasteiger partial charge in [0.15, 0.2) is 0 Å². The largest absolute Gasteiger partial charge is 0.480 e. The lowest BCUT2D eigenvalue weighted by molar-refractivity contribution is -0.158. The number of likely N-dealkylation sites (tertiary alicyclic amines) is 1. The summed E-state index contributed by atoms with van der Waals surface area (Å²) in [6, 6.07) is 23.7. The first kappa shape index (κ1) is 22.7. The van der Waals surface area contributed by atoms with Gasteiger partial charge in [0.25, 0.3) is 0 Å². The van der Waals surface area contributed by atoms with E-state index in [1.807, 2.05) is 66.7 Å². The summed E-state index contributed by atoms with van der Waals surface area (Å²) < 4.78 is 5.63. The highest BCUT2D eigenvalue weighted by Gasteiger charge is 2.41. The second-order valence-electron chi connectivity index (χ2n) is 8.89. The number of carbonyl (C=O) groups excluding carboxylic acids is 2. The molecule has 1 aliphatic carbocycles. The zero-order valence-electron chi connectivity index (χ0n) is 19.1. The minimum atomic E-state index is -1.04. The van der Waals surface area contributed by atoms with Crippen LogP contribution in [0.2, 0.25) is 0 Å². The predicted octanol–water partition coefficient (Wildman–Crippen LogP) is 3.82. The Bertz CT molecular complexity index is 1210. The van der Waals surface area contributed by atoms with Crippen LogP contribution < -0.4 is 5.32 Å². The number of carbonyl (C=O) groups is 3. The maximum Gasteiger partial charge on any atom is 0.407 e. The number of ether oxygens (including phenoxy) is 1. The van der Waals surface area contributed by atoms with Gasteiger partial charge in [0, 0.05) is 18.9 Å². The van der Waals surface area contributed by atoms with Gasteiger partial charge >= 0.3 is 12.1 Å². The second-order valence-corrected chi connectivity index (χ2v) is 8.89. The predicted molar refractivity (Wildman–Crippen MR) is 130 cm³/mol. The molecule has 3 aromatic rings. The molecule has 35 heavy (non-hydrogen) atoms. The smallest absolute Gasteiger partial charge is 0.407 e. The number of amides is 2. The van der Waals surface area contributed by atoms with Crippen molar-refractivity contribution < 1.29 is 24.2 Å². The summed E-state index contributed by atoms with van der Waals surface area (Å²) >= 11 is 0. The quantitative estimate of drug-likeness (QED) is 0.547. The van der Waals surface area contributed by atoms with E-state index in [0.717, 1.165) is 27.8 Å². The molecule has 178 valence electrons. The third kappa shape index (κ3) is 4.49. The average Bonchev–Trinajstić information content (AvgIpc) is 3.15. The fourth-order valence-corrected chi connectivity index (χ4v) is 4.94. The van der Waals surface area contributed by atoms with Crippen LogP contribution >= 0.6 is 0 Å². The lowest BCUT2D eigenvalue weighted by atomic mass is 9.98. The molecule has 1 saturated heterocycles. The molecule has 2 amide bonds. The normalized spacial score (nSPS) is 17.0. The van der Waals surface area contributed by atoms with Crippen LogP contribution in [0, 0.1) is 0 Å². The first-order valence-corrected chi connectivity index (χ1v) is 11.7. The summed E-state index contributed by atoms with van der Waals surface area (Å²) in [5.74, 6) is -1.55. The molecule has 7 heteroatoms. The van der Waals surface area contributed by atoms with Crippen molar-refractivity contribution in [1.82, 2.24) is 10.2 Å². The highest BCUT2D eigenvalue weighted by atomic mass is 16.5. The molecule has 7 nitrogen and oxygen atoms in total. The Morgan fingerprint density at radius 1 is 0.914 bits per heavy atom. The number of hydrogen-bond acceptors (Lipinski definition) is 4. The van der Waals surface area contributed by atoms with Crippen molar-refractivity contribution in [2.24, 2.45) is 0 Å². The van der Waals surface area contributed by atoms with Crippen molar-refractivity contribution in [2.75, 3.05) is 13.2 Å². The Hall–Kier alpha value is -4.13. The number of nitrogens with one attached hydrogen (secondary N) is 1. The zero-order valence-corrected chi connectivity index (χ0v) is 19.1. The fraction of sp³-hybridized carbons (Fsp3) is 0.250. The molecule has 3 aromatic carbocycles. The van der Waals surface area contributed by atoms with Crippen molar-refractivity contribution in [1.29, 1.82) is 0 Å². The Balaban J connectivity index is 1.30. The van der Waals surface area contributed by atoms with E-state index >= 15 is 0 Å². The molecule has 5 rings (SSSR count). The Morgan fingerprint density at radius 3 is 2.09 bits per heavy atom. The third-order valence-corrected chi connectivity index (χ3v) is 6.80. The first-order chi connectivity index (χ1) is 17.0. The molecule has 0 saturated carbocycles. The summed E-state index contributed by atoms with van der Waals surface area (Å²) in [6.45, 7) is 0.487. The maximum atomic E-state index is 13.2. The average molecular weight is 471 g/mol. The highest BCUT2D eigenvalue weighted by molar-refractivity contribution is 5.91. The molecular formula is C28H26N2O5. The van der Waals surface area contributed by atoms with E-state index in [1.54, 1.807) is 0 Å². The lowest BCUT2D eigenvalue weighted by Gasteiger charge is -2.40. The molecule has 0 spiro atoms. The highest BCUT2D eigenvalue weighted by Crippen LogP contribution is 2.44. The first-order valence-electron chi connectivity index (χ1n) is 11.7. The van der Waals surface area contributed by atoms with Gasteiger partial charge in [-0.25, -0.2) is 9.59 Å². The second kappa shape index (κ2) is 9.62. The molecule has 2 atom stereocenters. The minimum Gasteiger partial charge on any atom is -0.480 e. The van der Waals surface area contributed by atoms with E-state index < -0.39 is 30.1 Å². The summed E-state index contributed by atoms with van der Waals surface area (Å²) in [6.07, 6.45) is -0.0508. The number of fused-ring (bicyclic) bond motifs is 3. The number of rotatable bonds is 7. The topological polar surface area (TPSA) is 95.9 Å². The number of nitrogens with zero attached hydrogens (tertiary/aromatic N) is 1. The van der Waals surface area contributed by atoms with Gasteiger partial charge in [0.1, 0.15) is 18.7 Å². The van der Waals surface area contributed by atoms with E-state index in [-0.39, 0.29) is 18.9 Å². The molecule has 0 radical (unpaired) electrons. The van der Waals surface area contributed by atoms with E-state index in [9.17, 15) is 19.5 Å². The minimum absolute atomic E-state index is 0.0943. The third-order valence-electron chi connectivity index (χ3n) is 6.80. The number of carboxylic acid groups (broad SMARTS) is 1. The molecule has 2 N–H and O–H groups in total. The number of alkyl carbamates (subject to hydrolysis) is 1. The Labute approximate surface area is 203 Å². The number of hydrogen-bond donors (Lipinski definition) is 2. The molecular weight excluding hydrogens is 444 g/mol. The molecule has 0 bridgehead atoms. The Kier molecular flexibility index (Phi) is 6.23. The number of carboxylic acids is 1. The number of aliphatic carboxylic acids is 1.